The monoisotopic (exact) mass is 380 g/mol. The highest BCUT2D eigenvalue weighted by molar-refractivity contribution is 9.10. The van der Waals surface area contributed by atoms with Crippen molar-refractivity contribution in [3.63, 3.8) is 0 Å². The highest BCUT2D eigenvalue weighted by Gasteiger charge is 2.17. The van der Waals surface area contributed by atoms with Gasteiger partial charge in [0.15, 0.2) is 0 Å². The molecule has 1 aliphatic heterocycles. The van der Waals surface area contributed by atoms with Crippen LogP contribution in [0.5, 0.6) is 0 Å². The zero-order valence-corrected chi connectivity index (χ0v) is 14.4. The molecule has 3 rings (SSSR count). The van der Waals surface area contributed by atoms with Crippen LogP contribution in [0.15, 0.2) is 51.8 Å². The maximum atomic E-state index is 12.4. The van der Waals surface area contributed by atoms with Gasteiger partial charge in [0.2, 0.25) is 0 Å². The maximum Gasteiger partial charge on any atom is 0.261 e. The first-order chi connectivity index (χ1) is 10.6. The summed E-state index contributed by atoms with van der Waals surface area (Å²) in [5.41, 5.74) is 3.04. The van der Waals surface area contributed by atoms with Crippen LogP contribution in [0.25, 0.3) is 0 Å². The Labute approximate surface area is 139 Å². The van der Waals surface area contributed by atoms with Crippen molar-refractivity contribution in [1.29, 1.82) is 0 Å². The van der Waals surface area contributed by atoms with Crippen molar-refractivity contribution >= 4 is 31.6 Å². The molecule has 0 unspecified atom stereocenters. The van der Waals surface area contributed by atoms with Gasteiger partial charge >= 0.3 is 0 Å². The lowest BCUT2D eigenvalue weighted by atomic mass is 10.0. The standard InChI is InChI=1S/C16H17BrN2O2S/c17-16-11-13(10-12-6-8-18-9-7-15(12)16)19-22(20,21)14-4-2-1-3-5-14/h1-5,10-11,18-19H,6-9H2. The highest BCUT2D eigenvalue weighted by atomic mass is 79.9. The zero-order valence-electron chi connectivity index (χ0n) is 12.0. The van der Waals surface area contributed by atoms with Gasteiger partial charge < -0.3 is 5.32 Å². The molecular weight excluding hydrogens is 364 g/mol. The fourth-order valence-corrected chi connectivity index (χ4v) is 4.39. The SMILES string of the molecule is O=S(=O)(Nc1cc(Br)c2c(c1)CCNCC2)c1ccccc1. The number of halogens is 1. The van der Waals surface area contributed by atoms with E-state index >= 15 is 0 Å². The van der Waals surface area contributed by atoms with Crippen molar-refractivity contribution in [2.45, 2.75) is 17.7 Å². The Bertz CT molecular complexity index is 776. The van der Waals surface area contributed by atoms with Gasteiger partial charge in [-0.05, 0) is 61.3 Å². The van der Waals surface area contributed by atoms with Gasteiger partial charge in [-0.3, -0.25) is 4.72 Å². The third-order valence-corrected chi connectivity index (χ3v) is 5.82. The summed E-state index contributed by atoms with van der Waals surface area (Å²) < 4.78 is 28.4. The number of anilines is 1. The van der Waals surface area contributed by atoms with E-state index in [0.717, 1.165) is 30.4 Å². The minimum Gasteiger partial charge on any atom is -0.316 e. The van der Waals surface area contributed by atoms with E-state index in [1.165, 1.54) is 11.1 Å². The highest BCUT2D eigenvalue weighted by Crippen LogP contribution is 2.29. The summed E-state index contributed by atoms with van der Waals surface area (Å²) in [6.45, 7) is 1.86. The van der Waals surface area contributed by atoms with Crippen LogP contribution in [0.2, 0.25) is 0 Å². The van der Waals surface area contributed by atoms with Crippen molar-refractivity contribution in [3.8, 4) is 0 Å². The molecular formula is C16H17BrN2O2S. The number of benzene rings is 2. The van der Waals surface area contributed by atoms with E-state index in [1.807, 2.05) is 12.1 Å². The van der Waals surface area contributed by atoms with Crippen molar-refractivity contribution in [3.05, 3.63) is 58.1 Å². The van der Waals surface area contributed by atoms with Gasteiger partial charge in [-0.2, -0.15) is 0 Å². The van der Waals surface area contributed by atoms with E-state index in [4.69, 9.17) is 0 Å². The number of rotatable bonds is 3. The van der Waals surface area contributed by atoms with E-state index in [0.29, 0.717) is 5.69 Å². The average molecular weight is 381 g/mol. The van der Waals surface area contributed by atoms with Crippen molar-refractivity contribution in [1.82, 2.24) is 5.32 Å². The predicted octanol–water partition coefficient (Wildman–Crippen LogP) is 2.94. The van der Waals surface area contributed by atoms with Gasteiger partial charge in [0.25, 0.3) is 10.0 Å². The molecule has 0 fully saturated rings. The number of fused-ring (bicyclic) bond motifs is 1. The molecule has 22 heavy (non-hydrogen) atoms. The van der Waals surface area contributed by atoms with Crippen LogP contribution < -0.4 is 10.0 Å². The summed E-state index contributed by atoms with van der Waals surface area (Å²) in [4.78, 5) is 0.266. The van der Waals surface area contributed by atoms with E-state index in [9.17, 15) is 8.42 Å². The number of nitrogens with one attached hydrogen (secondary N) is 2. The third-order valence-electron chi connectivity index (χ3n) is 3.72. The summed E-state index contributed by atoms with van der Waals surface area (Å²) in [6, 6.07) is 12.2. The molecule has 2 aromatic rings. The molecule has 0 aromatic heterocycles. The van der Waals surface area contributed by atoms with Gasteiger partial charge in [-0.25, -0.2) is 8.42 Å². The Hall–Kier alpha value is -1.37. The second-order valence-electron chi connectivity index (χ2n) is 5.26. The van der Waals surface area contributed by atoms with Crippen LogP contribution in [0, 0.1) is 0 Å². The molecule has 0 radical (unpaired) electrons. The van der Waals surface area contributed by atoms with E-state index in [2.05, 4.69) is 26.0 Å². The maximum absolute atomic E-state index is 12.4. The predicted molar refractivity (Wildman–Crippen MR) is 91.7 cm³/mol. The number of sulfonamides is 1. The van der Waals surface area contributed by atoms with Crippen molar-refractivity contribution in [2.75, 3.05) is 17.8 Å². The first kappa shape index (κ1) is 15.5. The Morgan fingerprint density at radius 3 is 2.55 bits per heavy atom. The van der Waals surface area contributed by atoms with Crippen LogP contribution >= 0.6 is 15.9 Å². The molecule has 4 nitrogen and oxygen atoms in total. The molecule has 0 saturated carbocycles. The lowest BCUT2D eigenvalue weighted by molar-refractivity contribution is 0.601. The van der Waals surface area contributed by atoms with Crippen LogP contribution in [0.4, 0.5) is 5.69 Å². The van der Waals surface area contributed by atoms with E-state index in [-0.39, 0.29) is 4.90 Å². The molecule has 116 valence electrons. The minimum atomic E-state index is -3.55. The molecule has 1 aliphatic rings. The molecule has 2 aromatic carbocycles. The fraction of sp³-hybridized carbons (Fsp3) is 0.250. The largest absolute Gasteiger partial charge is 0.316 e. The molecule has 1 heterocycles. The first-order valence-corrected chi connectivity index (χ1v) is 9.44. The van der Waals surface area contributed by atoms with Crippen molar-refractivity contribution in [2.24, 2.45) is 0 Å². The quantitative estimate of drug-likeness (QED) is 0.860. The molecule has 0 saturated heterocycles. The minimum absolute atomic E-state index is 0.266. The van der Waals surface area contributed by atoms with Crippen LogP contribution in [0.1, 0.15) is 11.1 Å². The summed E-state index contributed by atoms with van der Waals surface area (Å²) >= 11 is 3.57. The summed E-state index contributed by atoms with van der Waals surface area (Å²) in [5.74, 6) is 0. The van der Waals surface area contributed by atoms with Gasteiger partial charge in [-0.1, -0.05) is 34.1 Å². The number of hydrogen-bond donors (Lipinski definition) is 2. The first-order valence-electron chi connectivity index (χ1n) is 7.16. The van der Waals surface area contributed by atoms with Crippen LogP contribution in [0.3, 0.4) is 0 Å². The van der Waals surface area contributed by atoms with Gasteiger partial charge in [0, 0.05) is 4.47 Å². The smallest absolute Gasteiger partial charge is 0.261 e. The lowest BCUT2D eigenvalue weighted by Crippen LogP contribution is -2.16. The summed E-state index contributed by atoms with van der Waals surface area (Å²) in [7, 11) is -3.55. The summed E-state index contributed by atoms with van der Waals surface area (Å²) in [6.07, 6.45) is 1.84. The molecule has 6 heteroatoms. The topological polar surface area (TPSA) is 58.2 Å². The van der Waals surface area contributed by atoms with Gasteiger partial charge in [0.05, 0.1) is 10.6 Å². The van der Waals surface area contributed by atoms with E-state index in [1.54, 1.807) is 30.3 Å². The number of hydrogen-bond acceptors (Lipinski definition) is 3. The van der Waals surface area contributed by atoms with Crippen molar-refractivity contribution < 1.29 is 8.42 Å². The molecule has 0 aliphatic carbocycles. The summed E-state index contributed by atoms with van der Waals surface area (Å²) in [5, 5.41) is 3.36. The Balaban J connectivity index is 1.93. The molecule has 0 amide bonds. The molecule has 2 N–H and O–H groups in total. The zero-order chi connectivity index (χ0) is 15.6. The lowest BCUT2D eigenvalue weighted by Gasteiger charge is -2.13. The molecule has 0 bridgehead atoms. The van der Waals surface area contributed by atoms with E-state index < -0.39 is 10.0 Å². The average Bonchev–Trinajstić information content (AvgIpc) is 2.73. The second-order valence-corrected chi connectivity index (χ2v) is 7.80. The fourth-order valence-electron chi connectivity index (χ4n) is 2.63. The van der Waals surface area contributed by atoms with Gasteiger partial charge in [-0.15, -0.1) is 0 Å². The van der Waals surface area contributed by atoms with Crippen LogP contribution in [-0.2, 0) is 22.9 Å². The molecule has 0 spiro atoms. The molecule has 0 atom stereocenters. The van der Waals surface area contributed by atoms with Crippen LogP contribution in [-0.4, -0.2) is 21.5 Å². The Morgan fingerprint density at radius 1 is 1.05 bits per heavy atom. The Morgan fingerprint density at radius 2 is 1.77 bits per heavy atom. The van der Waals surface area contributed by atoms with Gasteiger partial charge in [0.1, 0.15) is 0 Å². The Kier molecular flexibility index (Phi) is 4.52. The normalized spacial score (nSPS) is 15.0. The third kappa shape index (κ3) is 3.34. The second kappa shape index (κ2) is 6.40.